The third kappa shape index (κ3) is 5.34. The summed E-state index contributed by atoms with van der Waals surface area (Å²) in [5.74, 6) is 0. The van der Waals surface area contributed by atoms with Crippen LogP contribution in [-0.4, -0.2) is 65.9 Å². The fourth-order valence-corrected chi connectivity index (χ4v) is 3.37. The van der Waals surface area contributed by atoms with Crippen molar-refractivity contribution in [1.82, 2.24) is 9.80 Å². The van der Waals surface area contributed by atoms with Crippen LogP contribution in [-0.2, 0) is 0 Å². The average molecular weight is 357 g/mol. The largest absolute Gasteiger partial charge is 0.395 e. The van der Waals surface area contributed by atoms with Gasteiger partial charge in [-0.2, -0.15) is 0 Å². The lowest BCUT2D eigenvalue weighted by molar-refractivity contribution is 0.141. The second-order valence-electron chi connectivity index (χ2n) is 5.59. The SMILES string of the molecule is OCCN1CCCN(CCC(O)c2ccccc2Br)CC1. The minimum Gasteiger partial charge on any atom is -0.395 e. The molecule has 21 heavy (non-hydrogen) atoms. The van der Waals surface area contributed by atoms with E-state index < -0.39 is 6.10 Å². The van der Waals surface area contributed by atoms with Crippen molar-refractivity contribution >= 4 is 15.9 Å². The highest BCUT2D eigenvalue weighted by atomic mass is 79.9. The third-order valence-electron chi connectivity index (χ3n) is 4.08. The van der Waals surface area contributed by atoms with Crippen molar-refractivity contribution in [1.29, 1.82) is 0 Å². The van der Waals surface area contributed by atoms with Gasteiger partial charge < -0.3 is 15.1 Å². The van der Waals surface area contributed by atoms with Crippen LogP contribution in [0.5, 0.6) is 0 Å². The Morgan fingerprint density at radius 3 is 2.38 bits per heavy atom. The number of halogens is 1. The van der Waals surface area contributed by atoms with Crippen LogP contribution in [0.1, 0.15) is 24.5 Å². The van der Waals surface area contributed by atoms with E-state index in [-0.39, 0.29) is 6.61 Å². The molecule has 0 saturated carbocycles. The van der Waals surface area contributed by atoms with Crippen LogP contribution in [0, 0.1) is 0 Å². The predicted molar refractivity (Wildman–Crippen MR) is 88.3 cm³/mol. The van der Waals surface area contributed by atoms with Crippen molar-refractivity contribution in [2.75, 3.05) is 45.9 Å². The highest BCUT2D eigenvalue weighted by Crippen LogP contribution is 2.25. The van der Waals surface area contributed by atoms with E-state index in [4.69, 9.17) is 5.11 Å². The van der Waals surface area contributed by atoms with Crippen molar-refractivity contribution in [2.24, 2.45) is 0 Å². The number of hydrogen-bond acceptors (Lipinski definition) is 4. The molecule has 1 heterocycles. The zero-order chi connectivity index (χ0) is 15.1. The second-order valence-corrected chi connectivity index (χ2v) is 6.44. The van der Waals surface area contributed by atoms with Crippen molar-refractivity contribution in [3.8, 4) is 0 Å². The minimum absolute atomic E-state index is 0.237. The zero-order valence-corrected chi connectivity index (χ0v) is 14.0. The molecule has 4 nitrogen and oxygen atoms in total. The van der Waals surface area contributed by atoms with Gasteiger partial charge in [-0.25, -0.2) is 0 Å². The molecule has 2 N–H and O–H groups in total. The first kappa shape index (κ1) is 16.9. The number of rotatable bonds is 6. The smallest absolute Gasteiger partial charge is 0.0813 e. The van der Waals surface area contributed by atoms with Crippen LogP contribution in [0.4, 0.5) is 0 Å². The molecule has 0 radical (unpaired) electrons. The van der Waals surface area contributed by atoms with Crippen molar-refractivity contribution in [3.05, 3.63) is 34.3 Å². The number of β-amino-alcohol motifs (C(OH)–C–C–N with tert-alkyl or cyclic N) is 1. The van der Waals surface area contributed by atoms with E-state index in [0.717, 1.165) is 62.1 Å². The quantitative estimate of drug-likeness (QED) is 0.816. The van der Waals surface area contributed by atoms with E-state index in [1.54, 1.807) is 0 Å². The van der Waals surface area contributed by atoms with Crippen molar-refractivity contribution in [2.45, 2.75) is 18.9 Å². The van der Waals surface area contributed by atoms with Crippen LogP contribution in [0.25, 0.3) is 0 Å². The van der Waals surface area contributed by atoms with Crippen molar-refractivity contribution < 1.29 is 10.2 Å². The molecule has 0 amide bonds. The van der Waals surface area contributed by atoms with Gasteiger partial charge in [0.15, 0.2) is 0 Å². The summed E-state index contributed by atoms with van der Waals surface area (Å²) in [6, 6.07) is 7.87. The van der Waals surface area contributed by atoms with E-state index in [1.807, 2.05) is 24.3 Å². The lowest BCUT2D eigenvalue weighted by Crippen LogP contribution is -2.33. The molecule has 1 fully saturated rings. The van der Waals surface area contributed by atoms with Gasteiger partial charge in [0.25, 0.3) is 0 Å². The molecule has 1 saturated heterocycles. The molecule has 5 heteroatoms. The highest BCUT2D eigenvalue weighted by molar-refractivity contribution is 9.10. The number of aliphatic hydroxyl groups is 2. The number of nitrogens with zero attached hydrogens (tertiary/aromatic N) is 2. The summed E-state index contributed by atoms with van der Waals surface area (Å²) in [6.07, 6.45) is 1.46. The molecule has 0 aliphatic carbocycles. The van der Waals surface area contributed by atoms with Gasteiger partial charge in [0.05, 0.1) is 12.7 Å². The summed E-state index contributed by atoms with van der Waals surface area (Å²) in [6.45, 7) is 6.08. The number of hydrogen-bond donors (Lipinski definition) is 2. The molecule has 1 unspecified atom stereocenters. The summed E-state index contributed by atoms with van der Waals surface area (Å²) in [7, 11) is 0. The monoisotopic (exact) mass is 356 g/mol. The molecule has 0 spiro atoms. The molecule has 1 aliphatic heterocycles. The topological polar surface area (TPSA) is 46.9 Å². The van der Waals surface area contributed by atoms with E-state index in [0.29, 0.717) is 0 Å². The standard InChI is InChI=1S/C16H25BrN2O2/c17-15-5-2-1-4-14(15)16(21)6-9-18-7-3-8-19(11-10-18)12-13-20/h1-2,4-5,16,20-21H,3,6-13H2. The predicted octanol–water partition coefficient (Wildman–Crippen LogP) is 1.87. The van der Waals surface area contributed by atoms with Gasteiger partial charge in [0.1, 0.15) is 0 Å². The van der Waals surface area contributed by atoms with Gasteiger partial charge >= 0.3 is 0 Å². The van der Waals surface area contributed by atoms with Crippen LogP contribution < -0.4 is 0 Å². The molecular weight excluding hydrogens is 332 g/mol. The fourth-order valence-electron chi connectivity index (χ4n) is 2.82. The maximum atomic E-state index is 10.3. The number of aliphatic hydroxyl groups excluding tert-OH is 2. The molecule has 1 aliphatic rings. The Balaban J connectivity index is 1.79. The Morgan fingerprint density at radius 2 is 1.71 bits per heavy atom. The number of benzene rings is 1. The summed E-state index contributed by atoms with van der Waals surface area (Å²) in [5.41, 5.74) is 0.967. The summed E-state index contributed by atoms with van der Waals surface area (Å²) in [5, 5.41) is 19.4. The van der Waals surface area contributed by atoms with Gasteiger partial charge in [-0.05, 0) is 37.6 Å². The summed E-state index contributed by atoms with van der Waals surface area (Å²) >= 11 is 3.50. The van der Waals surface area contributed by atoms with Gasteiger partial charge in [-0.15, -0.1) is 0 Å². The fraction of sp³-hybridized carbons (Fsp3) is 0.625. The maximum Gasteiger partial charge on any atom is 0.0813 e. The van der Waals surface area contributed by atoms with Gasteiger partial charge in [0, 0.05) is 30.7 Å². The molecule has 1 aromatic rings. The van der Waals surface area contributed by atoms with Crippen LogP contribution in [0.15, 0.2) is 28.7 Å². The van der Waals surface area contributed by atoms with Crippen molar-refractivity contribution in [3.63, 3.8) is 0 Å². The summed E-state index contributed by atoms with van der Waals surface area (Å²) < 4.78 is 0.975. The van der Waals surface area contributed by atoms with Crippen LogP contribution in [0.3, 0.4) is 0 Å². The third-order valence-corrected chi connectivity index (χ3v) is 4.80. The Hall–Kier alpha value is -0.460. The summed E-state index contributed by atoms with van der Waals surface area (Å²) in [4.78, 5) is 4.72. The molecule has 1 aromatic carbocycles. The first-order valence-electron chi connectivity index (χ1n) is 7.69. The molecule has 0 bridgehead atoms. The second kappa shape index (κ2) is 8.86. The van der Waals surface area contributed by atoms with Crippen LogP contribution in [0.2, 0.25) is 0 Å². The van der Waals surface area contributed by atoms with E-state index in [9.17, 15) is 5.11 Å². The lowest BCUT2D eigenvalue weighted by Gasteiger charge is -2.22. The molecule has 0 aromatic heterocycles. The van der Waals surface area contributed by atoms with Gasteiger partial charge in [-0.1, -0.05) is 34.1 Å². The maximum absolute atomic E-state index is 10.3. The first-order chi connectivity index (χ1) is 10.2. The Labute approximate surface area is 135 Å². The molecule has 1 atom stereocenters. The van der Waals surface area contributed by atoms with Gasteiger partial charge in [-0.3, -0.25) is 4.90 Å². The Kier molecular flexibility index (Phi) is 7.13. The molecule has 2 rings (SSSR count). The minimum atomic E-state index is -0.419. The lowest BCUT2D eigenvalue weighted by atomic mass is 10.1. The zero-order valence-electron chi connectivity index (χ0n) is 12.4. The van der Waals surface area contributed by atoms with Crippen LogP contribution >= 0.6 is 15.9 Å². The normalized spacial score (nSPS) is 19.4. The van der Waals surface area contributed by atoms with E-state index in [2.05, 4.69) is 25.7 Å². The average Bonchev–Trinajstić information content (AvgIpc) is 2.71. The molecule has 118 valence electrons. The highest BCUT2D eigenvalue weighted by Gasteiger charge is 2.16. The first-order valence-corrected chi connectivity index (χ1v) is 8.48. The van der Waals surface area contributed by atoms with Gasteiger partial charge in [0.2, 0.25) is 0 Å². The van der Waals surface area contributed by atoms with E-state index in [1.165, 1.54) is 0 Å². The Morgan fingerprint density at radius 1 is 1.05 bits per heavy atom. The van der Waals surface area contributed by atoms with E-state index >= 15 is 0 Å². The molecular formula is C16H25BrN2O2. The Bertz CT molecular complexity index is 430.